The topological polar surface area (TPSA) is 29.1 Å². The molecule has 0 saturated heterocycles. The Morgan fingerprint density at radius 3 is 2.29 bits per heavy atom. The van der Waals surface area contributed by atoms with Crippen LogP contribution < -0.4 is 5.32 Å². The third-order valence-corrected chi connectivity index (χ3v) is 3.36. The molecule has 0 saturated carbocycles. The molecule has 0 aliphatic carbocycles. The number of rotatable bonds is 3. The predicted octanol–water partition coefficient (Wildman–Crippen LogP) is 3.74. The van der Waals surface area contributed by atoms with Crippen molar-refractivity contribution in [1.82, 2.24) is 5.32 Å². The van der Waals surface area contributed by atoms with Gasteiger partial charge in [-0.1, -0.05) is 11.6 Å². The lowest BCUT2D eigenvalue weighted by atomic mass is 10.1. The summed E-state index contributed by atoms with van der Waals surface area (Å²) in [6.45, 7) is 7.83. The zero-order valence-electron chi connectivity index (χ0n) is 10.6. The summed E-state index contributed by atoms with van der Waals surface area (Å²) in [4.78, 5) is 12.9. The molecule has 1 amide bonds. The molecule has 1 aromatic carbocycles. The smallest absolute Gasteiger partial charge is 0.233 e. The van der Waals surface area contributed by atoms with Crippen LogP contribution in [0.3, 0.4) is 0 Å². The van der Waals surface area contributed by atoms with Gasteiger partial charge >= 0.3 is 0 Å². The van der Waals surface area contributed by atoms with Crippen LogP contribution in [0.2, 0.25) is 5.02 Å². The maximum Gasteiger partial charge on any atom is 0.233 e. The van der Waals surface area contributed by atoms with Crippen molar-refractivity contribution < 1.29 is 4.79 Å². The van der Waals surface area contributed by atoms with E-state index in [0.717, 1.165) is 4.90 Å². The van der Waals surface area contributed by atoms with E-state index in [2.05, 4.69) is 5.32 Å². The summed E-state index contributed by atoms with van der Waals surface area (Å²) in [5.74, 6) is 0.0532. The normalized spacial score (nSPS) is 13.2. The van der Waals surface area contributed by atoms with E-state index in [1.807, 2.05) is 52.0 Å². The van der Waals surface area contributed by atoms with E-state index in [1.165, 1.54) is 11.8 Å². The third-order valence-electron chi connectivity index (χ3n) is 1.99. The van der Waals surface area contributed by atoms with Crippen molar-refractivity contribution in [2.45, 2.75) is 43.4 Å². The molecule has 0 heterocycles. The van der Waals surface area contributed by atoms with Crippen LogP contribution in [0.1, 0.15) is 27.7 Å². The highest BCUT2D eigenvalue weighted by Crippen LogP contribution is 2.25. The highest BCUT2D eigenvalue weighted by atomic mass is 35.5. The van der Waals surface area contributed by atoms with Crippen LogP contribution in [0, 0.1) is 0 Å². The molecule has 0 radical (unpaired) electrons. The Hall–Kier alpha value is -0.670. The molecule has 0 aliphatic heterocycles. The van der Waals surface area contributed by atoms with Crippen molar-refractivity contribution in [1.29, 1.82) is 0 Å². The Labute approximate surface area is 112 Å². The summed E-state index contributed by atoms with van der Waals surface area (Å²) >= 11 is 7.34. The van der Waals surface area contributed by atoms with E-state index in [4.69, 9.17) is 11.6 Å². The number of carbonyl (C=O) groups excluding carboxylic acids is 1. The third kappa shape index (κ3) is 5.46. The number of thioether (sulfide) groups is 1. The molecule has 0 aliphatic rings. The van der Waals surface area contributed by atoms with Gasteiger partial charge in [-0.05, 0) is 52.0 Å². The summed E-state index contributed by atoms with van der Waals surface area (Å²) < 4.78 is 0. The lowest BCUT2D eigenvalue weighted by Crippen LogP contribution is -2.44. The van der Waals surface area contributed by atoms with E-state index in [-0.39, 0.29) is 16.7 Å². The fourth-order valence-electron chi connectivity index (χ4n) is 1.24. The van der Waals surface area contributed by atoms with Gasteiger partial charge in [0, 0.05) is 15.5 Å². The van der Waals surface area contributed by atoms with Gasteiger partial charge in [-0.25, -0.2) is 0 Å². The molecule has 0 bridgehead atoms. The van der Waals surface area contributed by atoms with Crippen molar-refractivity contribution in [3.8, 4) is 0 Å². The van der Waals surface area contributed by atoms with Gasteiger partial charge in [-0.2, -0.15) is 0 Å². The maximum atomic E-state index is 11.9. The number of nitrogens with one attached hydrogen (secondary N) is 1. The van der Waals surface area contributed by atoms with Crippen molar-refractivity contribution >= 4 is 29.3 Å². The molecule has 1 N–H and O–H groups in total. The number of hydrogen-bond acceptors (Lipinski definition) is 2. The number of benzene rings is 1. The highest BCUT2D eigenvalue weighted by molar-refractivity contribution is 8.00. The van der Waals surface area contributed by atoms with E-state index < -0.39 is 0 Å². The minimum Gasteiger partial charge on any atom is -0.351 e. The number of hydrogen-bond donors (Lipinski definition) is 1. The first kappa shape index (κ1) is 14.4. The average Bonchev–Trinajstić information content (AvgIpc) is 2.19. The van der Waals surface area contributed by atoms with Gasteiger partial charge in [-0.15, -0.1) is 11.8 Å². The van der Waals surface area contributed by atoms with E-state index in [1.54, 1.807) is 0 Å². The lowest BCUT2D eigenvalue weighted by Gasteiger charge is -2.23. The Kier molecular flexibility index (Phi) is 4.90. The standard InChI is InChI=1S/C13H18ClNOS/c1-9(12(16)15-13(2,3)4)17-11-7-5-10(14)6-8-11/h5-9H,1-4H3,(H,15,16). The summed E-state index contributed by atoms with van der Waals surface area (Å²) in [5.41, 5.74) is -0.189. The van der Waals surface area contributed by atoms with Crippen LogP contribution in [0.5, 0.6) is 0 Å². The molecule has 1 aromatic rings. The molecule has 1 unspecified atom stereocenters. The minimum absolute atomic E-state index is 0.0532. The zero-order chi connectivity index (χ0) is 13.1. The Bertz CT molecular complexity index is 383. The van der Waals surface area contributed by atoms with Gasteiger partial charge < -0.3 is 5.32 Å². The zero-order valence-corrected chi connectivity index (χ0v) is 12.2. The van der Waals surface area contributed by atoms with E-state index in [0.29, 0.717) is 5.02 Å². The Balaban J connectivity index is 2.57. The monoisotopic (exact) mass is 271 g/mol. The van der Waals surface area contributed by atoms with Gasteiger partial charge in [0.15, 0.2) is 0 Å². The second kappa shape index (κ2) is 5.78. The molecule has 94 valence electrons. The number of halogens is 1. The largest absolute Gasteiger partial charge is 0.351 e. The molecule has 17 heavy (non-hydrogen) atoms. The predicted molar refractivity (Wildman–Crippen MR) is 74.7 cm³/mol. The van der Waals surface area contributed by atoms with Crippen LogP contribution in [0.4, 0.5) is 0 Å². The first-order valence-electron chi connectivity index (χ1n) is 5.52. The average molecular weight is 272 g/mol. The molecular formula is C13H18ClNOS. The SMILES string of the molecule is CC(Sc1ccc(Cl)cc1)C(=O)NC(C)(C)C. The quantitative estimate of drug-likeness (QED) is 0.849. The second-order valence-corrected chi connectivity index (χ2v) is 6.80. The van der Waals surface area contributed by atoms with Crippen molar-refractivity contribution in [3.63, 3.8) is 0 Å². The minimum atomic E-state index is -0.189. The van der Waals surface area contributed by atoms with E-state index in [9.17, 15) is 4.79 Å². The molecule has 0 aromatic heterocycles. The van der Waals surface area contributed by atoms with E-state index >= 15 is 0 Å². The fourth-order valence-corrected chi connectivity index (χ4v) is 2.24. The summed E-state index contributed by atoms with van der Waals surface area (Å²) in [6.07, 6.45) is 0. The lowest BCUT2D eigenvalue weighted by molar-refractivity contribution is -0.121. The van der Waals surface area contributed by atoms with Gasteiger partial charge in [0.2, 0.25) is 5.91 Å². The van der Waals surface area contributed by atoms with Gasteiger partial charge in [0.1, 0.15) is 0 Å². The molecule has 1 rings (SSSR count). The van der Waals surface area contributed by atoms with Crippen molar-refractivity contribution in [3.05, 3.63) is 29.3 Å². The van der Waals surface area contributed by atoms with Gasteiger partial charge in [0.05, 0.1) is 5.25 Å². The summed E-state index contributed by atoms with van der Waals surface area (Å²) in [7, 11) is 0. The second-order valence-electron chi connectivity index (χ2n) is 4.95. The number of amides is 1. The molecule has 4 heteroatoms. The van der Waals surface area contributed by atoms with Crippen LogP contribution in [-0.2, 0) is 4.79 Å². The summed E-state index contributed by atoms with van der Waals surface area (Å²) in [6, 6.07) is 7.51. The van der Waals surface area contributed by atoms with Gasteiger partial charge in [-0.3, -0.25) is 4.79 Å². The van der Waals surface area contributed by atoms with Crippen LogP contribution in [-0.4, -0.2) is 16.7 Å². The maximum absolute atomic E-state index is 11.9. The van der Waals surface area contributed by atoms with Crippen LogP contribution >= 0.6 is 23.4 Å². The first-order valence-corrected chi connectivity index (χ1v) is 6.78. The Morgan fingerprint density at radius 1 is 1.29 bits per heavy atom. The van der Waals surface area contributed by atoms with Gasteiger partial charge in [0.25, 0.3) is 0 Å². The number of carbonyl (C=O) groups is 1. The van der Waals surface area contributed by atoms with Crippen LogP contribution in [0.15, 0.2) is 29.2 Å². The summed E-state index contributed by atoms with van der Waals surface area (Å²) in [5, 5.41) is 3.56. The van der Waals surface area contributed by atoms with Crippen molar-refractivity contribution in [2.24, 2.45) is 0 Å². The first-order chi connectivity index (χ1) is 7.78. The fraction of sp³-hybridized carbons (Fsp3) is 0.462. The Morgan fingerprint density at radius 2 is 1.82 bits per heavy atom. The molecule has 0 fully saturated rings. The van der Waals surface area contributed by atoms with Crippen molar-refractivity contribution in [2.75, 3.05) is 0 Å². The van der Waals surface area contributed by atoms with Crippen LogP contribution in [0.25, 0.3) is 0 Å². The molecule has 0 spiro atoms. The highest BCUT2D eigenvalue weighted by Gasteiger charge is 2.19. The molecular weight excluding hydrogens is 254 g/mol. The molecule has 2 nitrogen and oxygen atoms in total. The molecule has 1 atom stereocenters.